The van der Waals surface area contributed by atoms with Crippen molar-refractivity contribution < 1.29 is 24.2 Å². The number of amides is 2. The molecule has 1 heterocycles. The minimum atomic E-state index is -1.19. The van der Waals surface area contributed by atoms with Crippen LogP contribution in [0, 0.1) is 11.8 Å². The largest absolute Gasteiger partial charge is 0.477 e. The van der Waals surface area contributed by atoms with Gasteiger partial charge in [0.05, 0.1) is 12.1 Å². The van der Waals surface area contributed by atoms with Crippen molar-refractivity contribution in [1.82, 2.24) is 15.1 Å². The Bertz CT molecular complexity index is 1220. The topological polar surface area (TPSA) is 123 Å². The fourth-order valence-corrected chi connectivity index (χ4v) is 4.43. The fourth-order valence-electron chi connectivity index (χ4n) is 4.43. The van der Waals surface area contributed by atoms with Crippen molar-refractivity contribution >= 4 is 23.8 Å². The van der Waals surface area contributed by atoms with E-state index >= 15 is 0 Å². The molecular formula is C26H28N4O5. The van der Waals surface area contributed by atoms with Crippen molar-refractivity contribution in [2.45, 2.75) is 19.8 Å². The van der Waals surface area contributed by atoms with Crippen molar-refractivity contribution in [2.75, 3.05) is 18.5 Å². The first kappa shape index (κ1) is 24.0. The lowest BCUT2D eigenvalue weighted by Crippen LogP contribution is -2.39. The van der Waals surface area contributed by atoms with Gasteiger partial charge in [0.2, 0.25) is 5.91 Å². The zero-order valence-electron chi connectivity index (χ0n) is 19.8. The maximum Gasteiger partial charge on any atom is 0.407 e. The summed E-state index contributed by atoms with van der Waals surface area (Å²) >= 11 is 0. The molecule has 0 saturated carbocycles. The Labute approximate surface area is 203 Å². The van der Waals surface area contributed by atoms with Crippen LogP contribution in [0.25, 0.3) is 11.1 Å². The molecule has 0 bridgehead atoms. The van der Waals surface area contributed by atoms with E-state index in [1.807, 2.05) is 50.2 Å². The highest BCUT2D eigenvalue weighted by atomic mass is 16.5. The predicted octanol–water partition coefficient (Wildman–Crippen LogP) is 3.87. The molecule has 0 fully saturated rings. The van der Waals surface area contributed by atoms with Gasteiger partial charge >= 0.3 is 12.1 Å². The molecule has 9 nitrogen and oxygen atoms in total. The summed E-state index contributed by atoms with van der Waals surface area (Å²) in [4.78, 5) is 36.8. The highest BCUT2D eigenvalue weighted by Gasteiger charge is 2.30. The van der Waals surface area contributed by atoms with E-state index in [4.69, 9.17) is 4.74 Å². The molecule has 1 unspecified atom stereocenters. The lowest BCUT2D eigenvalue weighted by Gasteiger charge is -2.21. The predicted molar refractivity (Wildman–Crippen MR) is 130 cm³/mol. The summed E-state index contributed by atoms with van der Waals surface area (Å²) in [5, 5.41) is 18.5. The monoisotopic (exact) mass is 476 g/mol. The maximum absolute atomic E-state index is 12.9. The molecule has 2 aromatic carbocycles. The average molecular weight is 477 g/mol. The normalized spacial score (nSPS) is 13.1. The van der Waals surface area contributed by atoms with Crippen LogP contribution in [-0.2, 0) is 16.6 Å². The number of anilines is 1. The van der Waals surface area contributed by atoms with Gasteiger partial charge in [0, 0.05) is 19.5 Å². The first-order chi connectivity index (χ1) is 16.8. The van der Waals surface area contributed by atoms with Gasteiger partial charge < -0.3 is 20.5 Å². The quantitative estimate of drug-likeness (QED) is 0.454. The van der Waals surface area contributed by atoms with Crippen LogP contribution >= 0.6 is 0 Å². The number of aromatic carboxylic acids is 1. The van der Waals surface area contributed by atoms with Gasteiger partial charge in [-0.1, -0.05) is 62.4 Å². The number of rotatable bonds is 8. The van der Waals surface area contributed by atoms with E-state index in [2.05, 4.69) is 27.9 Å². The number of carboxylic acids is 1. The van der Waals surface area contributed by atoms with Crippen LogP contribution in [0.5, 0.6) is 0 Å². The number of carbonyl (C=O) groups is 3. The maximum atomic E-state index is 12.9. The van der Waals surface area contributed by atoms with Gasteiger partial charge in [0.25, 0.3) is 0 Å². The van der Waals surface area contributed by atoms with Gasteiger partial charge in [0.15, 0.2) is 0 Å². The number of hydrogen-bond donors (Lipinski definition) is 3. The first-order valence-corrected chi connectivity index (χ1v) is 11.4. The Morgan fingerprint density at radius 3 is 2.23 bits per heavy atom. The van der Waals surface area contributed by atoms with Crippen molar-refractivity contribution in [2.24, 2.45) is 18.9 Å². The SMILES string of the molecule is CC(C)C(CNC(=O)OCC1c2ccccc2-c2ccccc21)C(=O)Nc1c(C(=O)O)cnn1C. The van der Waals surface area contributed by atoms with Gasteiger partial charge in [-0.25, -0.2) is 9.59 Å². The number of carboxylic acid groups (broad SMARTS) is 1. The average Bonchev–Trinajstić information content (AvgIpc) is 3.35. The molecule has 35 heavy (non-hydrogen) atoms. The van der Waals surface area contributed by atoms with Crippen molar-refractivity contribution in [3.05, 3.63) is 71.4 Å². The minimum absolute atomic E-state index is 0.0421. The number of fused-ring (bicyclic) bond motifs is 3. The molecule has 0 radical (unpaired) electrons. The number of aryl methyl sites for hydroxylation is 1. The second-order valence-electron chi connectivity index (χ2n) is 8.88. The van der Waals surface area contributed by atoms with Crippen LogP contribution in [0.3, 0.4) is 0 Å². The van der Waals surface area contributed by atoms with E-state index in [0.717, 1.165) is 22.3 Å². The van der Waals surface area contributed by atoms with Crippen LogP contribution in [-0.4, -0.2) is 46.0 Å². The molecule has 1 aromatic heterocycles. The van der Waals surface area contributed by atoms with E-state index in [0.29, 0.717) is 0 Å². The number of alkyl carbamates (subject to hydrolysis) is 1. The molecule has 0 spiro atoms. The smallest absolute Gasteiger partial charge is 0.407 e. The molecule has 2 amide bonds. The van der Waals surface area contributed by atoms with Gasteiger partial charge in [0.1, 0.15) is 18.0 Å². The van der Waals surface area contributed by atoms with Crippen LogP contribution in [0.15, 0.2) is 54.7 Å². The van der Waals surface area contributed by atoms with Gasteiger partial charge in [-0.15, -0.1) is 0 Å². The van der Waals surface area contributed by atoms with E-state index in [9.17, 15) is 19.5 Å². The van der Waals surface area contributed by atoms with E-state index in [1.54, 1.807) is 7.05 Å². The summed E-state index contributed by atoms with van der Waals surface area (Å²) in [5.41, 5.74) is 4.42. The number of aromatic nitrogens is 2. The number of ether oxygens (including phenoxy) is 1. The third-order valence-electron chi connectivity index (χ3n) is 6.36. The number of carbonyl (C=O) groups excluding carboxylic acids is 2. The van der Waals surface area contributed by atoms with Gasteiger partial charge in [-0.3, -0.25) is 9.48 Å². The summed E-state index contributed by atoms with van der Waals surface area (Å²) in [7, 11) is 1.54. The number of nitrogens with zero attached hydrogens (tertiary/aromatic N) is 2. The third-order valence-corrected chi connectivity index (χ3v) is 6.36. The molecule has 0 aliphatic heterocycles. The lowest BCUT2D eigenvalue weighted by atomic mass is 9.95. The number of hydrogen-bond acceptors (Lipinski definition) is 5. The zero-order valence-corrected chi connectivity index (χ0v) is 19.8. The summed E-state index contributed by atoms with van der Waals surface area (Å²) in [6.45, 7) is 3.92. The van der Waals surface area contributed by atoms with E-state index in [-0.39, 0.29) is 36.4 Å². The highest BCUT2D eigenvalue weighted by molar-refractivity contribution is 6.00. The molecule has 1 aliphatic rings. The minimum Gasteiger partial charge on any atom is -0.477 e. The fraction of sp³-hybridized carbons (Fsp3) is 0.308. The second-order valence-corrected chi connectivity index (χ2v) is 8.88. The van der Waals surface area contributed by atoms with Gasteiger partial charge in [-0.05, 0) is 28.2 Å². The molecule has 3 N–H and O–H groups in total. The van der Waals surface area contributed by atoms with Crippen LogP contribution in [0.2, 0.25) is 0 Å². The summed E-state index contributed by atoms with van der Waals surface area (Å²) < 4.78 is 6.84. The summed E-state index contributed by atoms with van der Waals surface area (Å²) in [6.07, 6.45) is 0.564. The third kappa shape index (κ3) is 4.89. The molecule has 0 saturated heterocycles. The first-order valence-electron chi connectivity index (χ1n) is 11.4. The summed E-state index contributed by atoms with van der Waals surface area (Å²) in [5.74, 6) is -2.29. The van der Waals surface area contributed by atoms with Crippen LogP contribution < -0.4 is 10.6 Å². The Hall–Kier alpha value is -4.14. The number of nitrogens with one attached hydrogen (secondary N) is 2. The lowest BCUT2D eigenvalue weighted by molar-refractivity contribution is -0.121. The highest BCUT2D eigenvalue weighted by Crippen LogP contribution is 2.44. The molecular weight excluding hydrogens is 448 g/mol. The summed E-state index contributed by atoms with van der Waals surface area (Å²) in [6, 6.07) is 16.2. The van der Waals surface area contributed by atoms with Crippen molar-refractivity contribution in [3.63, 3.8) is 0 Å². The standard InChI is InChI=1S/C26H28N4O5/c1-15(2)20(24(31)29-23-21(25(32)33)13-28-30(23)3)12-27-26(34)35-14-22-18-10-6-4-8-16(18)17-9-5-7-11-19(17)22/h4-11,13,15,20,22H,12,14H2,1-3H3,(H,27,34)(H,29,31)(H,32,33). The van der Waals surface area contributed by atoms with Crippen LogP contribution in [0.1, 0.15) is 41.3 Å². The van der Waals surface area contributed by atoms with Crippen molar-refractivity contribution in [1.29, 1.82) is 0 Å². The molecule has 182 valence electrons. The van der Waals surface area contributed by atoms with E-state index < -0.39 is 23.9 Å². The molecule has 3 aromatic rings. The van der Waals surface area contributed by atoms with Crippen LogP contribution in [0.4, 0.5) is 10.6 Å². The second kappa shape index (κ2) is 10.0. The molecule has 4 rings (SSSR count). The molecule has 9 heteroatoms. The number of benzene rings is 2. The zero-order chi connectivity index (χ0) is 25.1. The Morgan fingerprint density at radius 2 is 1.66 bits per heavy atom. The van der Waals surface area contributed by atoms with E-state index in [1.165, 1.54) is 10.9 Å². The Morgan fingerprint density at radius 1 is 1.06 bits per heavy atom. The van der Waals surface area contributed by atoms with Gasteiger partial charge in [-0.2, -0.15) is 5.10 Å². The Balaban J connectivity index is 1.37. The van der Waals surface area contributed by atoms with Crippen molar-refractivity contribution in [3.8, 4) is 11.1 Å². The Kier molecular flexibility index (Phi) is 6.86. The molecule has 1 aliphatic carbocycles. The molecule has 1 atom stereocenters.